The predicted octanol–water partition coefficient (Wildman–Crippen LogP) is 6.83. The highest BCUT2D eigenvalue weighted by Crippen LogP contribution is 2.28. The molecule has 0 aliphatic heterocycles. The van der Waals surface area contributed by atoms with Crippen molar-refractivity contribution in [3.05, 3.63) is 80.0 Å². The van der Waals surface area contributed by atoms with Gasteiger partial charge in [-0.3, -0.25) is 0 Å². The van der Waals surface area contributed by atoms with E-state index in [9.17, 15) is 10.1 Å². The number of benzene rings is 2. The summed E-state index contributed by atoms with van der Waals surface area (Å²) in [6.45, 7) is 2.78. The summed E-state index contributed by atoms with van der Waals surface area (Å²) >= 11 is 4.72. The van der Waals surface area contributed by atoms with Crippen LogP contribution in [0.15, 0.2) is 73.8 Å². The maximum atomic E-state index is 12.5. The van der Waals surface area contributed by atoms with Gasteiger partial charge in [-0.1, -0.05) is 35.3 Å². The molecule has 0 fully saturated rings. The highest BCUT2D eigenvalue weighted by atomic mass is 79.9. The van der Waals surface area contributed by atoms with E-state index in [0.29, 0.717) is 34.0 Å². The quantitative estimate of drug-likeness (QED) is 0.155. The minimum Gasteiger partial charge on any atom is -0.494 e. The second kappa shape index (κ2) is 10.5. The maximum absolute atomic E-state index is 12.5. The molecule has 4 rings (SSSR count). The van der Waals surface area contributed by atoms with Crippen molar-refractivity contribution in [2.24, 2.45) is 0 Å². The second-order valence-electron chi connectivity index (χ2n) is 7.21. The molecule has 0 saturated carbocycles. The molecule has 33 heavy (non-hydrogen) atoms. The van der Waals surface area contributed by atoms with Crippen LogP contribution < -0.4 is 15.7 Å². The van der Waals surface area contributed by atoms with Gasteiger partial charge in [0.15, 0.2) is 0 Å². The van der Waals surface area contributed by atoms with Crippen molar-refractivity contribution in [3.8, 4) is 23.1 Å². The number of nitriles is 1. The Labute approximate surface area is 203 Å². The minimum atomic E-state index is -0.470. The molecule has 1 N–H and O–H groups in total. The SMILES string of the molecule is CCCCOc1cccc(N/C=C(/C#N)c2nc(-c3cc4cc(Br)ccc4oc3=O)cs2)c1. The van der Waals surface area contributed by atoms with Gasteiger partial charge in [-0.15, -0.1) is 11.3 Å². The monoisotopic (exact) mass is 521 g/mol. The Hall–Kier alpha value is -3.41. The average molecular weight is 522 g/mol. The van der Waals surface area contributed by atoms with E-state index in [2.05, 4.69) is 39.2 Å². The minimum absolute atomic E-state index is 0.352. The topological polar surface area (TPSA) is 88.2 Å². The Bertz CT molecular complexity index is 1420. The van der Waals surface area contributed by atoms with Crippen molar-refractivity contribution >= 4 is 49.5 Å². The van der Waals surface area contributed by atoms with Gasteiger partial charge in [0.25, 0.3) is 0 Å². The number of halogens is 1. The van der Waals surface area contributed by atoms with Gasteiger partial charge in [-0.05, 0) is 42.8 Å². The first kappa shape index (κ1) is 22.8. The van der Waals surface area contributed by atoms with Gasteiger partial charge in [0, 0.05) is 33.2 Å². The van der Waals surface area contributed by atoms with Gasteiger partial charge < -0.3 is 14.5 Å². The summed E-state index contributed by atoms with van der Waals surface area (Å²) < 4.78 is 12.0. The first-order chi connectivity index (χ1) is 16.1. The first-order valence-corrected chi connectivity index (χ1v) is 12.0. The number of anilines is 1. The first-order valence-electron chi connectivity index (χ1n) is 10.4. The van der Waals surface area contributed by atoms with E-state index in [-0.39, 0.29) is 0 Å². The van der Waals surface area contributed by atoms with Crippen molar-refractivity contribution in [3.63, 3.8) is 0 Å². The van der Waals surface area contributed by atoms with E-state index >= 15 is 0 Å². The normalized spacial score (nSPS) is 11.4. The maximum Gasteiger partial charge on any atom is 0.345 e. The summed E-state index contributed by atoms with van der Waals surface area (Å²) in [4.78, 5) is 17.0. The molecule has 6 nitrogen and oxygen atoms in total. The van der Waals surface area contributed by atoms with Gasteiger partial charge in [0.05, 0.1) is 17.9 Å². The highest BCUT2D eigenvalue weighted by Gasteiger charge is 2.14. The lowest BCUT2D eigenvalue weighted by atomic mass is 10.1. The molecule has 166 valence electrons. The zero-order valence-electron chi connectivity index (χ0n) is 17.8. The van der Waals surface area contributed by atoms with Gasteiger partial charge in [-0.2, -0.15) is 5.26 Å². The number of unbranched alkanes of at least 4 members (excludes halogenated alkanes) is 1. The fraction of sp³-hybridized carbons (Fsp3) is 0.160. The largest absolute Gasteiger partial charge is 0.494 e. The molecular weight excluding hydrogens is 502 g/mol. The number of thiazole rings is 1. The molecule has 0 aliphatic rings. The molecule has 0 spiro atoms. The van der Waals surface area contributed by atoms with Crippen LogP contribution in [0, 0.1) is 11.3 Å². The van der Waals surface area contributed by atoms with Crippen LogP contribution in [0.2, 0.25) is 0 Å². The summed E-state index contributed by atoms with van der Waals surface area (Å²) in [6, 6.07) is 16.9. The van der Waals surface area contributed by atoms with Crippen molar-refractivity contribution < 1.29 is 9.15 Å². The van der Waals surface area contributed by atoms with Crippen LogP contribution in [0.4, 0.5) is 5.69 Å². The molecular formula is C25H20BrN3O3S. The van der Waals surface area contributed by atoms with E-state index in [4.69, 9.17) is 9.15 Å². The third-order valence-corrected chi connectivity index (χ3v) is 6.18. The molecule has 0 radical (unpaired) electrons. The van der Waals surface area contributed by atoms with Crippen LogP contribution in [0.3, 0.4) is 0 Å². The Kier molecular flexibility index (Phi) is 7.23. The number of hydrogen-bond donors (Lipinski definition) is 1. The van der Waals surface area contributed by atoms with Crippen LogP contribution in [0.1, 0.15) is 24.8 Å². The Morgan fingerprint density at radius 1 is 1.30 bits per heavy atom. The molecule has 0 bridgehead atoms. The van der Waals surface area contributed by atoms with Gasteiger partial charge >= 0.3 is 5.63 Å². The Balaban J connectivity index is 1.56. The number of fused-ring (bicyclic) bond motifs is 1. The van der Waals surface area contributed by atoms with E-state index in [1.807, 2.05) is 36.4 Å². The number of nitrogens with zero attached hydrogens (tertiary/aromatic N) is 2. The van der Waals surface area contributed by atoms with Crippen LogP contribution in [0.5, 0.6) is 5.75 Å². The van der Waals surface area contributed by atoms with Crippen molar-refractivity contribution in [1.29, 1.82) is 5.26 Å². The van der Waals surface area contributed by atoms with Crippen LogP contribution in [-0.2, 0) is 0 Å². The molecule has 0 amide bonds. The predicted molar refractivity (Wildman–Crippen MR) is 135 cm³/mol. The molecule has 0 aliphatic carbocycles. The smallest absolute Gasteiger partial charge is 0.345 e. The van der Waals surface area contributed by atoms with E-state index in [1.54, 1.807) is 23.7 Å². The Morgan fingerprint density at radius 3 is 3.00 bits per heavy atom. The van der Waals surface area contributed by atoms with E-state index < -0.39 is 5.63 Å². The van der Waals surface area contributed by atoms with Gasteiger partial charge in [-0.25, -0.2) is 9.78 Å². The number of hydrogen-bond acceptors (Lipinski definition) is 7. The second-order valence-corrected chi connectivity index (χ2v) is 8.99. The van der Waals surface area contributed by atoms with Crippen molar-refractivity contribution in [2.75, 3.05) is 11.9 Å². The molecule has 0 unspecified atom stereocenters. The van der Waals surface area contributed by atoms with Crippen molar-refractivity contribution in [2.45, 2.75) is 19.8 Å². The average Bonchev–Trinajstić information content (AvgIpc) is 3.29. The fourth-order valence-electron chi connectivity index (χ4n) is 3.10. The van der Waals surface area contributed by atoms with Crippen LogP contribution in [0.25, 0.3) is 27.8 Å². The molecule has 4 aromatic rings. The van der Waals surface area contributed by atoms with Crippen LogP contribution in [-0.4, -0.2) is 11.6 Å². The zero-order valence-corrected chi connectivity index (χ0v) is 20.2. The number of allylic oxidation sites excluding steroid dienone is 1. The molecule has 2 aromatic heterocycles. The molecule has 0 atom stereocenters. The molecule has 2 aromatic carbocycles. The zero-order chi connectivity index (χ0) is 23.2. The van der Waals surface area contributed by atoms with Crippen molar-refractivity contribution in [1.82, 2.24) is 4.98 Å². The summed E-state index contributed by atoms with van der Waals surface area (Å²) in [5, 5.41) is 15.8. The lowest BCUT2D eigenvalue weighted by Crippen LogP contribution is -2.03. The van der Waals surface area contributed by atoms with E-state index in [0.717, 1.165) is 34.1 Å². The number of aromatic nitrogens is 1. The van der Waals surface area contributed by atoms with Gasteiger partial charge in [0.2, 0.25) is 0 Å². The summed E-state index contributed by atoms with van der Waals surface area (Å²) in [7, 11) is 0. The standard InChI is InChI=1S/C25H20BrN3O3S/c1-2-3-9-31-20-6-4-5-19(12-20)28-14-17(13-27)24-29-22(15-33-24)21-11-16-10-18(26)7-8-23(16)32-25(21)30/h4-8,10-12,14-15,28H,2-3,9H2,1H3/b17-14-. The summed E-state index contributed by atoms with van der Waals surface area (Å²) in [6.07, 6.45) is 3.67. The molecule has 0 saturated heterocycles. The van der Waals surface area contributed by atoms with E-state index in [1.165, 1.54) is 11.3 Å². The third-order valence-electron chi connectivity index (χ3n) is 4.81. The lowest BCUT2D eigenvalue weighted by molar-refractivity contribution is 0.309. The van der Waals surface area contributed by atoms with Crippen LogP contribution >= 0.6 is 27.3 Å². The molecule has 8 heteroatoms. The fourth-order valence-corrected chi connectivity index (χ4v) is 4.27. The lowest BCUT2D eigenvalue weighted by Gasteiger charge is -2.07. The summed E-state index contributed by atoms with van der Waals surface area (Å²) in [5.41, 5.74) is 2.02. The highest BCUT2D eigenvalue weighted by molar-refractivity contribution is 9.10. The van der Waals surface area contributed by atoms with Gasteiger partial charge in [0.1, 0.15) is 28.0 Å². The summed E-state index contributed by atoms with van der Waals surface area (Å²) in [5.74, 6) is 0.770. The number of rotatable bonds is 8. The number of ether oxygens (including phenoxy) is 1. The number of nitrogens with one attached hydrogen (secondary N) is 1. The third kappa shape index (κ3) is 5.51. The Morgan fingerprint density at radius 2 is 2.18 bits per heavy atom. The molecule has 2 heterocycles.